The van der Waals surface area contributed by atoms with E-state index in [0.29, 0.717) is 24.1 Å². The molecule has 1 fully saturated rings. The van der Waals surface area contributed by atoms with Crippen molar-refractivity contribution in [3.8, 4) is 0 Å². The van der Waals surface area contributed by atoms with E-state index in [4.69, 9.17) is 5.73 Å². The number of benzene rings is 1. The van der Waals surface area contributed by atoms with Crippen molar-refractivity contribution >= 4 is 17.3 Å². The third-order valence-electron chi connectivity index (χ3n) is 3.49. The van der Waals surface area contributed by atoms with E-state index in [0.717, 1.165) is 17.9 Å². The van der Waals surface area contributed by atoms with Crippen LogP contribution in [0.3, 0.4) is 0 Å². The summed E-state index contributed by atoms with van der Waals surface area (Å²) < 4.78 is 0. The number of carbonyl (C=O) groups excluding carboxylic acids is 1. The molecule has 1 aliphatic rings. The normalized spacial score (nSPS) is 14.4. The van der Waals surface area contributed by atoms with Gasteiger partial charge in [-0.15, -0.1) is 0 Å². The molecule has 0 aromatic heterocycles. The van der Waals surface area contributed by atoms with Gasteiger partial charge in [0, 0.05) is 24.7 Å². The minimum atomic E-state index is -0.0333. The van der Waals surface area contributed by atoms with Crippen LogP contribution >= 0.6 is 0 Å². The highest BCUT2D eigenvalue weighted by Gasteiger charge is 2.30. The second-order valence-electron chi connectivity index (χ2n) is 5.91. The third-order valence-corrected chi connectivity index (χ3v) is 3.49. The van der Waals surface area contributed by atoms with Gasteiger partial charge in [0.1, 0.15) is 0 Å². The molecule has 0 unspecified atom stereocenters. The number of nitrogens with zero attached hydrogens (tertiary/aromatic N) is 1. The number of hydrogen-bond acceptors (Lipinski definition) is 3. The number of nitrogens with two attached hydrogens (primary N) is 1. The average Bonchev–Trinajstić information content (AvgIpc) is 3.21. The fraction of sp³-hybridized carbons (Fsp3) is 0.562. The summed E-state index contributed by atoms with van der Waals surface area (Å²) in [5.74, 6) is 0.539. The molecule has 0 spiro atoms. The highest BCUT2D eigenvalue weighted by Crippen LogP contribution is 2.35. The minimum Gasteiger partial charge on any atom is -0.397 e. The van der Waals surface area contributed by atoms with Crippen LogP contribution in [-0.2, 0) is 0 Å². The first-order valence-corrected chi connectivity index (χ1v) is 7.47. The van der Waals surface area contributed by atoms with E-state index in [2.05, 4.69) is 24.1 Å². The molecule has 1 aromatic carbocycles. The lowest BCUT2D eigenvalue weighted by atomic mass is 10.1. The van der Waals surface area contributed by atoms with Gasteiger partial charge in [-0.25, -0.2) is 0 Å². The molecule has 0 aliphatic heterocycles. The highest BCUT2D eigenvalue weighted by atomic mass is 16.1. The topological polar surface area (TPSA) is 58.4 Å². The summed E-state index contributed by atoms with van der Waals surface area (Å²) in [4.78, 5) is 14.3. The summed E-state index contributed by atoms with van der Waals surface area (Å²) in [5.41, 5.74) is 8.58. The van der Waals surface area contributed by atoms with Crippen molar-refractivity contribution in [2.75, 3.05) is 23.7 Å². The molecule has 1 aromatic rings. The predicted molar refractivity (Wildman–Crippen MR) is 84.1 cm³/mol. The summed E-state index contributed by atoms with van der Waals surface area (Å²) in [6.45, 7) is 7.95. The smallest absolute Gasteiger partial charge is 0.251 e. The Labute approximate surface area is 121 Å². The van der Waals surface area contributed by atoms with Crippen LogP contribution in [-0.4, -0.2) is 25.0 Å². The Morgan fingerprint density at radius 1 is 1.45 bits per heavy atom. The number of anilines is 2. The van der Waals surface area contributed by atoms with E-state index in [1.807, 2.05) is 19.1 Å². The Balaban J connectivity index is 2.28. The molecule has 1 aliphatic carbocycles. The van der Waals surface area contributed by atoms with Crippen molar-refractivity contribution in [3.63, 3.8) is 0 Å². The van der Waals surface area contributed by atoms with Gasteiger partial charge in [-0.2, -0.15) is 0 Å². The van der Waals surface area contributed by atoms with Gasteiger partial charge in [0.2, 0.25) is 0 Å². The first-order valence-electron chi connectivity index (χ1n) is 7.47. The summed E-state index contributed by atoms with van der Waals surface area (Å²) in [6, 6.07) is 6.16. The van der Waals surface area contributed by atoms with Crippen molar-refractivity contribution in [2.45, 2.75) is 39.7 Å². The largest absolute Gasteiger partial charge is 0.397 e. The molecule has 4 heteroatoms. The van der Waals surface area contributed by atoms with Crippen LogP contribution in [0.2, 0.25) is 0 Å². The van der Waals surface area contributed by atoms with E-state index >= 15 is 0 Å². The lowest BCUT2D eigenvalue weighted by molar-refractivity contribution is 0.0956. The summed E-state index contributed by atoms with van der Waals surface area (Å²) in [7, 11) is 0. The molecule has 3 N–H and O–H groups in total. The molecular weight excluding hydrogens is 250 g/mol. The molecule has 1 amide bonds. The molecule has 0 saturated heterocycles. The Hall–Kier alpha value is -1.71. The van der Waals surface area contributed by atoms with Crippen LogP contribution in [0.15, 0.2) is 18.2 Å². The maximum Gasteiger partial charge on any atom is 0.251 e. The zero-order valence-corrected chi connectivity index (χ0v) is 12.6. The van der Waals surface area contributed by atoms with Crippen molar-refractivity contribution in [2.24, 2.45) is 5.92 Å². The number of rotatable bonds is 6. The van der Waals surface area contributed by atoms with Crippen LogP contribution in [0.1, 0.15) is 44.0 Å². The monoisotopic (exact) mass is 275 g/mol. The SMILES string of the molecule is CCNC(=O)c1ccc(N)c(N(CC(C)C)C2CC2)c1. The predicted octanol–water partition coefficient (Wildman–Crippen LogP) is 2.64. The van der Waals surface area contributed by atoms with Gasteiger partial charge < -0.3 is 16.0 Å². The third kappa shape index (κ3) is 3.44. The highest BCUT2D eigenvalue weighted by molar-refractivity contribution is 5.96. The Bertz CT molecular complexity index is 481. The number of nitrogen functional groups attached to an aromatic ring is 1. The van der Waals surface area contributed by atoms with Crippen LogP contribution in [0.4, 0.5) is 11.4 Å². The van der Waals surface area contributed by atoms with Crippen molar-refractivity contribution < 1.29 is 4.79 Å². The van der Waals surface area contributed by atoms with E-state index < -0.39 is 0 Å². The zero-order chi connectivity index (χ0) is 14.7. The van der Waals surface area contributed by atoms with Gasteiger partial charge in [0.15, 0.2) is 0 Å². The molecule has 4 nitrogen and oxygen atoms in total. The van der Waals surface area contributed by atoms with E-state index in [-0.39, 0.29) is 5.91 Å². The van der Waals surface area contributed by atoms with E-state index in [9.17, 15) is 4.79 Å². The van der Waals surface area contributed by atoms with Crippen molar-refractivity contribution in [1.82, 2.24) is 5.32 Å². The van der Waals surface area contributed by atoms with Gasteiger partial charge in [-0.3, -0.25) is 4.79 Å². The van der Waals surface area contributed by atoms with E-state index in [1.165, 1.54) is 12.8 Å². The molecule has 110 valence electrons. The summed E-state index contributed by atoms with van der Waals surface area (Å²) in [5, 5.41) is 2.83. The Morgan fingerprint density at radius 2 is 2.15 bits per heavy atom. The molecular formula is C16H25N3O. The second-order valence-corrected chi connectivity index (χ2v) is 5.91. The lowest BCUT2D eigenvalue weighted by Crippen LogP contribution is -2.31. The number of carbonyl (C=O) groups is 1. The van der Waals surface area contributed by atoms with Gasteiger partial charge in [-0.1, -0.05) is 13.8 Å². The molecule has 20 heavy (non-hydrogen) atoms. The van der Waals surface area contributed by atoms with Crippen LogP contribution in [0, 0.1) is 5.92 Å². The van der Waals surface area contributed by atoms with Crippen molar-refractivity contribution in [3.05, 3.63) is 23.8 Å². The Kier molecular flexibility index (Phi) is 4.53. The molecule has 0 bridgehead atoms. The molecule has 0 heterocycles. The zero-order valence-electron chi connectivity index (χ0n) is 12.6. The summed E-state index contributed by atoms with van der Waals surface area (Å²) >= 11 is 0. The fourth-order valence-electron chi connectivity index (χ4n) is 2.42. The van der Waals surface area contributed by atoms with E-state index in [1.54, 1.807) is 6.07 Å². The van der Waals surface area contributed by atoms with Crippen LogP contribution in [0.5, 0.6) is 0 Å². The van der Waals surface area contributed by atoms with Crippen LogP contribution in [0.25, 0.3) is 0 Å². The van der Waals surface area contributed by atoms with Gasteiger partial charge >= 0.3 is 0 Å². The van der Waals surface area contributed by atoms with Gasteiger partial charge in [-0.05, 0) is 43.9 Å². The molecule has 0 atom stereocenters. The lowest BCUT2D eigenvalue weighted by Gasteiger charge is -2.28. The standard InChI is InChI=1S/C16H25N3O/c1-4-18-16(20)12-5-8-14(17)15(9-12)19(10-11(2)3)13-6-7-13/h5,8-9,11,13H,4,6-7,10,17H2,1-3H3,(H,18,20). The fourth-order valence-corrected chi connectivity index (χ4v) is 2.42. The second kappa shape index (κ2) is 6.16. The quantitative estimate of drug-likeness (QED) is 0.785. The number of amides is 1. The maximum atomic E-state index is 12.0. The van der Waals surface area contributed by atoms with Gasteiger partial charge in [0.25, 0.3) is 5.91 Å². The van der Waals surface area contributed by atoms with Crippen LogP contribution < -0.4 is 16.0 Å². The van der Waals surface area contributed by atoms with Crippen molar-refractivity contribution in [1.29, 1.82) is 0 Å². The Morgan fingerprint density at radius 3 is 2.70 bits per heavy atom. The first-order chi connectivity index (χ1) is 9.52. The molecule has 0 radical (unpaired) electrons. The minimum absolute atomic E-state index is 0.0333. The maximum absolute atomic E-state index is 12.0. The first kappa shape index (κ1) is 14.7. The average molecular weight is 275 g/mol. The summed E-state index contributed by atoms with van der Waals surface area (Å²) in [6.07, 6.45) is 2.44. The molecule has 2 rings (SSSR count). The van der Waals surface area contributed by atoms with Gasteiger partial charge in [0.05, 0.1) is 11.4 Å². The molecule has 1 saturated carbocycles. The number of hydrogen-bond donors (Lipinski definition) is 2. The number of nitrogens with one attached hydrogen (secondary N) is 1.